The Balaban J connectivity index is 2.54. The number of benzene rings is 1. The van der Waals surface area contributed by atoms with E-state index in [1.165, 1.54) is 12.0 Å². The van der Waals surface area contributed by atoms with Gasteiger partial charge in [-0.3, -0.25) is 0 Å². The SMILES string of the molecule is CC(C)C(C)(C)CCc1ccc(O)cc1. The molecular formula is C14H22O. The lowest BCUT2D eigenvalue weighted by atomic mass is 9.77. The fourth-order valence-electron chi connectivity index (χ4n) is 1.42. The standard InChI is InChI=1S/C14H22O/c1-11(2)14(3,4)10-9-12-5-7-13(15)8-6-12/h5-8,11,15H,9-10H2,1-4H3. The van der Waals surface area contributed by atoms with E-state index in [9.17, 15) is 5.11 Å². The average molecular weight is 206 g/mol. The zero-order valence-corrected chi connectivity index (χ0v) is 10.2. The van der Waals surface area contributed by atoms with E-state index < -0.39 is 0 Å². The van der Waals surface area contributed by atoms with Crippen LogP contribution in [0.25, 0.3) is 0 Å². The summed E-state index contributed by atoms with van der Waals surface area (Å²) < 4.78 is 0. The molecule has 0 unspecified atom stereocenters. The maximum Gasteiger partial charge on any atom is 0.115 e. The number of phenols is 1. The Morgan fingerprint density at radius 1 is 1.13 bits per heavy atom. The molecule has 0 aliphatic heterocycles. The van der Waals surface area contributed by atoms with Crippen molar-refractivity contribution >= 4 is 0 Å². The van der Waals surface area contributed by atoms with Gasteiger partial charge in [0.2, 0.25) is 0 Å². The van der Waals surface area contributed by atoms with Crippen molar-refractivity contribution < 1.29 is 5.11 Å². The molecule has 0 aromatic heterocycles. The van der Waals surface area contributed by atoms with Crippen molar-refractivity contribution in [2.75, 3.05) is 0 Å². The second kappa shape index (κ2) is 4.69. The van der Waals surface area contributed by atoms with Crippen LogP contribution in [0.15, 0.2) is 24.3 Å². The van der Waals surface area contributed by atoms with Crippen LogP contribution in [0.3, 0.4) is 0 Å². The summed E-state index contributed by atoms with van der Waals surface area (Å²) >= 11 is 0. The van der Waals surface area contributed by atoms with E-state index in [1.54, 1.807) is 12.1 Å². The molecule has 84 valence electrons. The Morgan fingerprint density at radius 3 is 2.13 bits per heavy atom. The van der Waals surface area contributed by atoms with Gasteiger partial charge in [0, 0.05) is 0 Å². The van der Waals surface area contributed by atoms with Crippen LogP contribution in [0.4, 0.5) is 0 Å². The Kier molecular flexibility index (Phi) is 3.78. The zero-order chi connectivity index (χ0) is 11.5. The van der Waals surface area contributed by atoms with Gasteiger partial charge in [0.25, 0.3) is 0 Å². The summed E-state index contributed by atoms with van der Waals surface area (Å²) in [6.07, 6.45) is 2.28. The van der Waals surface area contributed by atoms with Crippen molar-refractivity contribution in [3.8, 4) is 5.75 Å². The summed E-state index contributed by atoms with van der Waals surface area (Å²) in [5.41, 5.74) is 1.69. The third-order valence-electron chi connectivity index (χ3n) is 3.56. The molecule has 0 saturated carbocycles. The van der Waals surface area contributed by atoms with Gasteiger partial charge in [-0.25, -0.2) is 0 Å². The minimum atomic E-state index is 0.349. The van der Waals surface area contributed by atoms with Gasteiger partial charge >= 0.3 is 0 Å². The first-order valence-corrected chi connectivity index (χ1v) is 5.70. The quantitative estimate of drug-likeness (QED) is 0.789. The maximum absolute atomic E-state index is 9.17. The third kappa shape index (κ3) is 3.58. The van der Waals surface area contributed by atoms with E-state index in [0.29, 0.717) is 17.1 Å². The minimum absolute atomic E-state index is 0.349. The lowest BCUT2D eigenvalue weighted by Crippen LogP contribution is -2.19. The minimum Gasteiger partial charge on any atom is -0.508 e. The normalized spacial score (nSPS) is 12.1. The van der Waals surface area contributed by atoms with Crippen molar-refractivity contribution in [2.24, 2.45) is 11.3 Å². The number of rotatable bonds is 4. The summed E-state index contributed by atoms with van der Waals surface area (Å²) in [4.78, 5) is 0. The van der Waals surface area contributed by atoms with Crippen molar-refractivity contribution in [1.29, 1.82) is 0 Å². The first-order valence-electron chi connectivity index (χ1n) is 5.70. The molecule has 1 aromatic carbocycles. The molecule has 1 heteroatoms. The van der Waals surface area contributed by atoms with Crippen molar-refractivity contribution in [1.82, 2.24) is 0 Å². The predicted octanol–water partition coefficient (Wildman–Crippen LogP) is 4.01. The lowest BCUT2D eigenvalue weighted by Gasteiger charge is -2.29. The van der Waals surface area contributed by atoms with Gasteiger partial charge in [0.05, 0.1) is 0 Å². The molecule has 1 N–H and O–H groups in total. The molecule has 1 rings (SSSR count). The maximum atomic E-state index is 9.17. The number of phenolic OH excluding ortho intramolecular Hbond substituents is 1. The molecule has 0 aliphatic rings. The molecule has 0 atom stereocenters. The fraction of sp³-hybridized carbons (Fsp3) is 0.571. The number of hydrogen-bond acceptors (Lipinski definition) is 1. The van der Waals surface area contributed by atoms with Crippen LogP contribution in [-0.2, 0) is 6.42 Å². The van der Waals surface area contributed by atoms with E-state index in [-0.39, 0.29) is 0 Å². The van der Waals surface area contributed by atoms with Crippen LogP contribution in [0.5, 0.6) is 5.75 Å². The Morgan fingerprint density at radius 2 is 1.67 bits per heavy atom. The summed E-state index contributed by atoms with van der Waals surface area (Å²) in [5.74, 6) is 1.05. The highest BCUT2D eigenvalue weighted by Crippen LogP contribution is 2.31. The van der Waals surface area contributed by atoms with Crippen LogP contribution in [-0.4, -0.2) is 5.11 Å². The zero-order valence-electron chi connectivity index (χ0n) is 10.2. The largest absolute Gasteiger partial charge is 0.508 e. The number of aromatic hydroxyl groups is 1. The highest BCUT2D eigenvalue weighted by molar-refractivity contribution is 5.25. The first-order chi connectivity index (χ1) is 6.92. The Hall–Kier alpha value is -0.980. The highest BCUT2D eigenvalue weighted by Gasteiger charge is 2.21. The van der Waals surface area contributed by atoms with Gasteiger partial charge in [0.15, 0.2) is 0 Å². The summed E-state index contributed by atoms with van der Waals surface area (Å²) in [7, 11) is 0. The molecule has 0 fully saturated rings. The van der Waals surface area contributed by atoms with Gasteiger partial charge in [0.1, 0.15) is 5.75 Å². The molecular weight excluding hydrogens is 184 g/mol. The van der Waals surface area contributed by atoms with E-state index >= 15 is 0 Å². The van der Waals surface area contributed by atoms with Gasteiger partial charge in [-0.15, -0.1) is 0 Å². The fourth-order valence-corrected chi connectivity index (χ4v) is 1.42. The van der Waals surface area contributed by atoms with Crippen molar-refractivity contribution in [3.05, 3.63) is 29.8 Å². The van der Waals surface area contributed by atoms with E-state index in [0.717, 1.165) is 6.42 Å². The van der Waals surface area contributed by atoms with Gasteiger partial charge in [-0.2, -0.15) is 0 Å². The van der Waals surface area contributed by atoms with Crippen molar-refractivity contribution in [2.45, 2.75) is 40.5 Å². The van der Waals surface area contributed by atoms with Crippen LogP contribution < -0.4 is 0 Å². The molecule has 0 radical (unpaired) electrons. The average Bonchev–Trinajstić information content (AvgIpc) is 2.17. The van der Waals surface area contributed by atoms with E-state index in [4.69, 9.17) is 0 Å². The molecule has 0 saturated heterocycles. The van der Waals surface area contributed by atoms with Crippen LogP contribution in [0.2, 0.25) is 0 Å². The van der Waals surface area contributed by atoms with Crippen LogP contribution >= 0.6 is 0 Å². The summed E-state index contributed by atoms with van der Waals surface area (Å²) in [5, 5.41) is 9.17. The summed E-state index contributed by atoms with van der Waals surface area (Å²) in [6, 6.07) is 7.53. The van der Waals surface area contributed by atoms with Crippen molar-refractivity contribution in [3.63, 3.8) is 0 Å². The third-order valence-corrected chi connectivity index (χ3v) is 3.56. The lowest BCUT2D eigenvalue weighted by molar-refractivity contribution is 0.229. The van der Waals surface area contributed by atoms with Crippen LogP contribution in [0.1, 0.15) is 39.7 Å². The molecule has 1 aromatic rings. The molecule has 0 bridgehead atoms. The second-order valence-corrected chi connectivity index (χ2v) is 5.31. The molecule has 0 spiro atoms. The Bertz CT molecular complexity index is 296. The molecule has 0 aliphatic carbocycles. The van der Waals surface area contributed by atoms with Gasteiger partial charge in [-0.05, 0) is 41.9 Å². The smallest absolute Gasteiger partial charge is 0.115 e. The highest BCUT2D eigenvalue weighted by atomic mass is 16.3. The Labute approximate surface area is 93.1 Å². The predicted molar refractivity (Wildman–Crippen MR) is 65.0 cm³/mol. The topological polar surface area (TPSA) is 20.2 Å². The van der Waals surface area contributed by atoms with E-state index in [2.05, 4.69) is 27.7 Å². The van der Waals surface area contributed by atoms with Crippen LogP contribution in [0, 0.1) is 11.3 Å². The molecule has 15 heavy (non-hydrogen) atoms. The monoisotopic (exact) mass is 206 g/mol. The molecule has 0 heterocycles. The van der Waals surface area contributed by atoms with Gasteiger partial charge < -0.3 is 5.11 Å². The van der Waals surface area contributed by atoms with E-state index in [1.807, 2.05) is 12.1 Å². The first kappa shape index (κ1) is 12.1. The summed E-state index contributed by atoms with van der Waals surface area (Å²) in [6.45, 7) is 9.18. The number of aryl methyl sites for hydroxylation is 1. The molecule has 0 amide bonds. The molecule has 1 nitrogen and oxygen atoms in total. The van der Waals surface area contributed by atoms with Gasteiger partial charge in [-0.1, -0.05) is 39.8 Å². The second-order valence-electron chi connectivity index (χ2n) is 5.31. The number of hydrogen-bond donors (Lipinski definition) is 1.